The molecule has 0 spiro atoms. The van der Waals surface area contributed by atoms with Crippen molar-refractivity contribution in [1.82, 2.24) is 24.8 Å². The Labute approximate surface area is 185 Å². The summed E-state index contributed by atoms with van der Waals surface area (Å²) < 4.78 is 1.23. The molecule has 0 aliphatic carbocycles. The highest BCUT2D eigenvalue weighted by molar-refractivity contribution is 5.92. The molecule has 3 aromatic rings. The van der Waals surface area contributed by atoms with E-state index in [1.165, 1.54) is 4.57 Å². The molecule has 3 heterocycles. The van der Waals surface area contributed by atoms with Gasteiger partial charge in [-0.15, -0.1) is 0 Å². The molecule has 1 saturated heterocycles. The van der Waals surface area contributed by atoms with E-state index in [9.17, 15) is 14.4 Å². The van der Waals surface area contributed by atoms with Gasteiger partial charge in [-0.1, -0.05) is 6.07 Å². The summed E-state index contributed by atoms with van der Waals surface area (Å²) >= 11 is 0. The third kappa shape index (κ3) is 4.16. The largest absolute Gasteiger partial charge is 0.368 e. The first-order valence-electron chi connectivity index (χ1n) is 10.8. The van der Waals surface area contributed by atoms with Gasteiger partial charge in [-0.2, -0.15) is 0 Å². The van der Waals surface area contributed by atoms with Crippen molar-refractivity contribution in [2.75, 3.05) is 38.1 Å². The van der Waals surface area contributed by atoms with Crippen molar-refractivity contribution >= 4 is 22.5 Å². The van der Waals surface area contributed by atoms with E-state index in [4.69, 9.17) is 0 Å². The van der Waals surface area contributed by atoms with E-state index in [0.717, 1.165) is 49.5 Å². The molecule has 1 amide bonds. The van der Waals surface area contributed by atoms with Gasteiger partial charge in [0.1, 0.15) is 5.69 Å². The minimum Gasteiger partial charge on any atom is -0.368 e. The fraction of sp³-hybridized carbons (Fsp3) is 0.391. The third-order valence-electron chi connectivity index (χ3n) is 6.01. The molecule has 32 heavy (non-hydrogen) atoms. The zero-order valence-corrected chi connectivity index (χ0v) is 18.6. The number of anilines is 1. The molecule has 1 aliphatic rings. The number of rotatable bonds is 5. The smallest absolute Gasteiger partial charge is 0.328 e. The van der Waals surface area contributed by atoms with Crippen LogP contribution in [0.1, 0.15) is 28.5 Å². The van der Waals surface area contributed by atoms with Crippen LogP contribution in [0.5, 0.6) is 0 Å². The lowest BCUT2D eigenvalue weighted by Crippen LogP contribution is -2.46. The summed E-state index contributed by atoms with van der Waals surface area (Å²) in [6, 6.07) is 7.62. The number of hydrogen-bond donors (Lipinski definition) is 2. The number of aryl methyl sites for hydroxylation is 1. The Bertz CT molecular complexity index is 1250. The highest BCUT2D eigenvalue weighted by Gasteiger charge is 2.19. The molecular formula is C23H28N6O3. The minimum absolute atomic E-state index is 0.193. The lowest BCUT2D eigenvalue weighted by molar-refractivity contribution is 0.0958. The van der Waals surface area contributed by atoms with Crippen LogP contribution in [0.3, 0.4) is 0 Å². The average molecular weight is 437 g/mol. The number of amides is 1. The van der Waals surface area contributed by atoms with E-state index >= 15 is 0 Å². The Balaban J connectivity index is 1.45. The van der Waals surface area contributed by atoms with Gasteiger partial charge in [0.2, 0.25) is 0 Å². The Morgan fingerprint density at radius 1 is 1.16 bits per heavy atom. The highest BCUT2D eigenvalue weighted by Crippen LogP contribution is 2.19. The van der Waals surface area contributed by atoms with Gasteiger partial charge in [0.15, 0.2) is 0 Å². The molecule has 1 fully saturated rings. The molecule has 168 valence electrons. The van der Waals surface area contributed by atoms with Crippen LogP contribution in [0.2, 0.25) is 0 Å². The summed E-state index contributed by atoms with van der Waals surface area (Å²) in [6.07, 6.45) is 1.74. The number of benzene rings is 1. The SMILES string of the molecule is CCn1c(=O)[nH]c2cc(CN3CCN(c4ccc(C(=O)NC)nc4)CC3)cc(C)c2c1=O. The van der Waals surface area contributed by atoms with Gasteiger partial charge in [-0.25, -0.2) is 9.78 Å². The molecule has 0 atom stereocenters. The first-order valence-corrected chi connectivity index (χ1v) is 10.8. The van der Waals surface area contributed by atoms with Crippen molar-refractivity contribution in [3.8, 4) is 0 Å². The summed E-state index contributed by atoms with van der Waals surface area (Å²) in [5.41, 5.74) is 3.35. The summed E-state index contributed by atoms with van der Waals surface area (Å²) in [4.78, 5) is 48.2. The second kappa shape index (κ2) is 8.96. The van der Waals surface area contributed by atoms with Crippen LogP contribution in [0.25, 0.3) is 10.9 Å². The summed E-state index contributed by atoms with van der Waals surface area (Å²) in [6.45, 7) is 8.26. The van der Waals surface area contributed by atoms with Crippen LogP contribution in [0.15, 0.2) is 40.1 Å². The van der Waals surface area contributed by atoms with Crippen molar-refractivity contribution in [3.63, 3.8) is 0 Å². The predicted octanol–water partition coefficient (Wildman–Crippen LogP) is 1.09. The lowest BCUT2D eigenvalue weighted by atomic mass is 10.1. The zero-order chi connectivity index (χ0) is 22.8. The fourth-order valence-electron chi connectivity index (χ4n) is 4.29. The number of nitrogens with zero attached hydrogens (tertiary/aromatic N) is 4. The van der Waals surface area contributed by atoms with Gasteiger partial charge in [0.05, 0.1) is 22.8 Å². The molecule has 9 heteroatoms. The number of nitrogens with one attached hydrogen (secondary N) is 2. The predicted molar refractivity (Wildman–Crippen MR) is 124 cm³/mol. The molecule has 9 nitrogen and oxygen atoms in total. The monoisotopic (exact) mass is 436 g/mol. The lowest BCUT2D eigenvalue weighted by Gasteiger charge is -2.36. The highest BCUT2D eigenvalue weighted by atomic mass is 16.2. The first kappa shape index (κ1) is 21.8. The molecule has 4 rings (SSSR count). The van der Waals surface area contributed by atoms with Crippen LogP contribution < -0.4 is 21.5 Å². The van der Waals surface area contributed by atoms with E-state index in [2.05, 4.69) is 25.1 Å². The van der Waals surface area contributed by atoms with Gasteiger partial charge < -0.3 is 15.2 Å². The number of pyridine rings is 1. The first-order chi connectivity index (χ1) is 15.4. The molecule has 1 aliphatic heterocycles. The summed E-state index contributed by atoms with van der Waals surface area (Å²) in [5.74, 6) is -0.193. The van der Waals surface area contributed by atoms with Crippen LogP contribution in [-0.4, -0.2) is 58.6 Å². The third-order valence-corrected chi connectivity index (χ3v) is 6.01. The standard InChI is InChI=1S/C23H28N6O3/c1-4-29-22(31)20-15(2)11-16(12-19(20)26-23(29)32)14-27-7-9-28(10-8-27)17-5-6-18(25-13-17)21(30)24-3/h5-6,11-13H,4,7-10,14H2,1-3H3,(H,24,30)(H,26,32). The number of carbonyl (C=O) groups excluding carboxylic acids is 1. The molecule has 1 aromatic carbocycles. The fourth-order valence-corrected chi connectivity index (χ4v) is 4.29. The number of hydrogen-bond acceptors (Lipinski definition) is 6. The maximum atomic E-state index is 12.6. The number of H-pyrrole nitrogens is 1. The van der Waals surface area contributed by atoms with Crippen molar-refractivity contribution < 1.29 is 4.79 Å². The number of aromatic nitrogens is 3. The van der Waals surface area contributed by atoms with E-state index in [1.54, 1.807) is 26.2 Å². The minimum atomic E-state index is -0.369. The molecule has 2 aromatic heterocycles. The number of aromatic amines is 1. The Kier molecular flexibility index (Phi) is 6.09. The maximum Gasteiger partial charge on any atom is 0.328 e. The van der Waals surface area contributed by atoms with Crippen LogP contribution in [0, 0.1) is 6.92 Å². The van der Waals surface area contributed by atoms with Crippen molar-refractivity contribution in [2.24, 2.45) is 0 Å². The Morgan fingerprint density at radius 3 is 2.53 bits per heavy atom. The van der Waals surface area contributed by atoms with Crippen LogP contribution in [0.4, 0.5) is 5.69 Å². The topological polar surface area (TPSA) is 103 Å². The van der Waals surface area contributed by atoms with Gasteiger partial charge in [0, 0.05) is 46.3 Å². The van der Waals surface area contributed by atoms with Crippen LogP contribution >= 0.6 is 0 Å². The van der Waals surface area contributed by atoms with Crippen molar-refractivity contribution in [1.29, 1.82) is 0 Å². The molecule has 0 unspecified atom stereocenters. The van der Waals surface area contributed by atoms with E-state index in [1.807, 2.05) is 25.1 Å². The van der Waals surface area contributed by atoms with Crippen molar-refractivity contribution in [3.05, 3.63) is 68.1 Å². The second-order valence-electron chi connectivity index (χ2n) is 8.06. The van der Waals surface area contributed by atoms with Gasteiger partial charge in [0.25, 0.3) is 11.5 Å². The van der Waals surface area contributed by atoms with Gasteiger partial charge in [-0.05, 0) is 43.2 Å². The van der Waals surface area contributed by atoms with Gasteiger partial charge >= 0.3 is 5.69 Å². The molecule has 0 bridgehead atoms. The molecule has 2 N–H and O–H groups in total. The Hall–Kier alpha value is -3.46. The van der Waals surface area contributed by atoms with Gasteiger partial charge in [-0.3, -0.25) is 19.1 Å². The zero-order valence-electron chi connectivity index (χ0n) is 18.6. The maximum absolute atomic E-state index is 12.6. The normalized spacial score (nSPS) is 14.7. The molecule has 0 radical (unpaired) electrons. The van der Waals surface area contributed by atoms with E-state index in [-0.39, 0.29) is 17.2 Å². The van der Waals surface area contributed by atoms with E-state index < -0.39 is 0 Å². The molecular weight excluding hydrogens is 408 g/mol. The summed E-state index contributed by atoms with van der Waals surface area (Å²) in [5, 5.41) is 3.15. The second-order valence-corrected chi connectivity index (χ2v) is 8.06. The number of piperazine rings is 1. The van der Waals surface area contributed by atoms with E-state index in [0.29, 0.717) is 23.1 Å². The average Bonchev–Trinajstić information content (AvgIpc) is 2.79. The number of fused-ring (bicyclic) bond motifs is 1. The summed E-state index contributed by atoms with van der Waals surface area (Å²) in [7, 11) is 1.59. The quantitative estimate of drug-likeness (QED) is 0.621. The van der Waals surface area contributed by atoms with Crippen LogP contribution in [-0.2, 0) is 13.1 Å². The Morgan fingerprint density at radius 2 is 1.91 bits per heavy atom. The number of carbonyl (C=O) groups is 1. The van der Waals surface area contributed by atoms with Crippen molar-refractivity contribution in [2.45, 2.75) is 26.9 Å². The molecule has 0 saturated carbocycles.